The Hall–Kier alpha value is -1.03. The van der Waals surface area contributed by atoms with E-state index in [4.69, 9.17) is 10.2 Å². The summed E-state index contributed by atoms with van der Waals surface area (Å²) in [5.74, 6) is -1.83. The second-order valence-corrected chi connectivity index (χ2v) is 6.24. The normalized spacial score (nSPS) is 17.9. The van der Waals surface area contributed by atoms with E-state index in [1.807, 2.05) is 0 Å². The van der Waals surface area contributed by atoms with Crippen molar-refractivity contribution >= 4 is 38.8 Å². The second kappa shape index (κ2) is 2.98. The number of nitrogens with zero attached hydrogens (tertiary/aromatic N) is 1. The van der Waals surface area contributed by atoms with E-state index in [0.29, 0.717) is 2.52 Å². The van der Waals surface area contributed by atoms with Crippen molar-refractivity contribution in [1.82, 2.24) is 2.52 Å². The smallest absolute Gasteiger partial charge is 0.278 e. The number of phenols is 2. The van der Waals surface area contributed by atoms with Crippen LogP contribution in [0.25, 0.3) is 0 Å². The topological polar surface area (TPSA) is 94.9 Å². The zero-order valence-electron chi connectivity index (χ0n) is 7.01. The molecule has 0 aliphatic carbocycles. The van der Waals surface area contributed by atoms with Gasteiger partial charge in [-0.2, -0.15) is 2.52 Å². The Morgan fingerprint density at radius 3 is 2.33 bits per heavy atom. The van der Waals surface area contributed by atoms with Gasteiger partial charge in [0.25, 0.3) is 15.9 Å². The molecule has 1 aliphatic rings. The fraction of sp³-hybridized carbons (Fsp3) is 0. The number of carbonyl (C=O) groups is 1. The first kappa shape index (κ1) is 10.5. The van der Waals surface area contributed by atoms with Gasteiger partial charge in [0, 0.05) is 6.07 Å². The minimum absolute atomic E-state index is 0.139. The zero-order valence-corrected chi connectivity index (χ0v) is 9.98. The van der Waals surface area contributed by atoms with Crippen LogP contribution in [-0.2, 0) is 10.0 Å². The van der Waals surface area contributed by atoms with Crippen LogP contribution in [0.2, 0.25) is 0 Å². The monoisotopic (exact) mass is 341 g/mol. The molecular weight excluding hydrogens is 337 g/mol. The number of hydrogen-bond donors (Lipinski definition) is 2. The fourth-order valence-corrected chi connectivity index (χ4v) is 3.30. The Morgan fingerprint density at radius 2 is 1.73 bits per heavy atom. The molecule has 2 rings (SSSR count). The first-order valence-electron chi connectivity index (χ1n) is 3.67. The molecule has 2 N–H and O–H groups in total. The number of hydrogen-bond acceptors (Lipinski definition) is 5. The molecule has 1 amide bonds. The summed E-state index contributed by atoms with van der Waals surface area (Å²) >= 11 is 1.35. The van der Waals surface area contributed by atoms with Crippen molar-refractivity contribution in [3.63, 3.8) is 0 Å². The number of fused-ring (bicyclic) bond motifs is 1. The van der Waals surface area contributed by atoms with Crippen molar-refractivity contribution < 1.29 is 23.4 Å². The molecule has 0 saturated heterocycles. The van der Waals surface area contributed by atoms with Gasteiger partial charge >= 0.3 is 0 Å². The lowest BCUT2D eigenvalue weighted by molar-refractivity contribution is 0.0944. The Bertz CT molecular complexity index is 567. The third kappa shape index (κ3) is 1.28. The predicted molar refractivity (Wildman–Crippen MR) is 57.1 cm³/mol. The van der Waals surface area contributed by atoms with Gasteiger partial charge in [-0.05, 0) is 6.07 Å². The summed E-state index contributed by atoms with van der Waals surface area (Å²) in [6.45, 7) is 0. The molecule has 0 spiro atoms. The first-order chi connectivity index (χ1) is 6.85. The van der Waals surface area contributed by atoms with Gasteiger partial charge in [-0.3, -0.25) is 4.79 Å². The predicted octanol–water partition coefficient (Wildman–Crippen LogP) is 0.592. The van der Waals surface area contributed by atoms with Gasteiger partial charge in [0.2, 0.25) is 0 Å². The Balaban J connectivity index is 2.85. The van der Waals surface area contributed by atoms with Gasteiger partial charge in [-0.1, -0.05) is 0 Å². The highest BCUT2D eigenvalue weighted by atomic mass is 127. The maximum Gasteiger partial charge on any atom is 0.278 e. The fourth-order valence-electron chi connectivity index (χ4n) is 1.23. The van der Waals surface area contributed by atoms with E-state index in [-0.39, 0.29) is 10.5 Å². The van der Waals surface area contributed by atoms with Crippen LogP contribution in [0.3, 0.4) is 0 Å². The molecule has 15 heavy (non-hydrogen) atoms. The number of rotatable bonds is 0. The van der Waals surface area contributed by atoms with Gasteiger partial charge in [0.05, 0.1) is 28.4 Å². The third-order valence-corrected chi connectivity index (χ3v) is 5.43. The number of benzene rings is 1. The molecule has 80 valence electrons. The van der Waals surface area contributed by atoms with Crippen LogP contribution in [-0.4, -0.2) is 27.1 Å². The average molecular weight is 341 g/mol. The molecule has 6 nitrogen and oxygen atoms in total. The van der Waals surface area contributed by atoms with Crippen LogP contribution >= 0.6 is 22.9 Å². The highest BCUT2D eigenvalue weighted by molar-refractivity contribution is 14.1. The van der Waals surface area contributed by atoms with Gasteiger partial charge in [0.1, 0.15) is 4.90 Å². The summed E-state index contributed by atoms with van der Waals surface area (Å²) < 4.78 is 23.7. The van der Waals surface area contributed by atoms with E-state index in [1.54, 1.807) is 0 Å². The molecule has 1 aromatic carbocycles. The highest BCUT2D eigenvalue weighted by Gasteiger charge is 2.41. The van der Waals surface area contributed by atoms with Gasteiger partial charge in [0.15, 0.2) is 11.5 Å². The Labute approximate surface area is 98.7 Å². The maximum absolute atomic E-state index is 11.6. The number of phenolic OH excluding ortho intramolecular Hbond substituents is 2. The Morgan fingerprint density at radius 1 is 1.20 bits per heavy atom. The molecular formula is C7H4INO5S. The van der Waals surface area contributed by atoms with Crippen molar-refractivity contribution in [3.05, 3.63) is 17.7 Å². The lowest BCUT2D eigenvalue weighted by Gasteiger charge is -2.02. The van der Waals surface area contributed by atoms with Crippen LogP contribution in [0.1, 0.15) is 10.4 Å². The number of aromatic hydroxyl groups is 2. The van der Waals surface area contributed by atoms with Crippen LogP contribution in [0.4, 0.5) is 0 Å². The summed E-state index contributed by atoms with van der Waals surface area (Å²) in [5.41, 5.74) is -0.139. The van der Waals surface area contributed by atoms with Gasteiger partial charge < -0.3 is 10.2 Å². The summed E-state index contributed by atoms with van der Waals surface area (Å²) in [6, 6.07) is 1.79. The SMILES string of the molecule is O=C1c2cc(O)c(O)cc2S(=O)(=O)N1I. The lowest BCUT2D eigenvalue weighted by Crippen LogP contribution is -2.18. The lowest BCUT2D eigenvalue weighted by atomic mass is 10.2. The van der Waals surface area contributed by atoms with Crippen molar-refractivity contribution in [2.75, 3.05) is 0 Å². The second-order valence-electron chi connectivity index (χ2n) is 2.86. The van der Waals surface area contributed by atoms with Crippen LogP contribution in [0, 0.1) is 0 Å². The number of sulfonamides is 1. The van der Waals surface area contributed by atoms with Crippen LogP contribution < -0.4 is 0 Å². The zero-order chi connectivity index (χ0) is 11.4. The van der Waals surface area contributed by atoms with E-state index >= 15 is 0 Å². The van der Waals surface area contributed by atoms with Crippen molar-refractivity contribution in [3.8, 4) is 11.5 Å². The molecule has 8 heteroatoms. The molecule has 0 fully saturated rings. The molecule has 1 aliphatic heterocycles. The largest absolute Gasteiger partial charge is 0.504 e. The molecule has 0 bridgehead atoms. The maximum atomic E-state index is 11.6. The van der Waals surface area contributed by atoms with E-state index in [2.05, 4.69) is 0 Å². The summed E-state index contributed by atoms with van der Waals surface area (Å²) in [7, 11) is -3.87. The quantitative estimate of drug-likeness (QED) is 0.409. The van der Waals surface area contributed by atoms with Crippen LogP contribution in [0.5, 0.6) is 11.5 Å². The van der Waals surface area contributed by atoms with Crippen molar-refractivity contribution in [2.45, 2.75) is 4.90 Å². The van der Waals surface area contributed by atoms with Crippen molar-refractivity contribution in [2.24, 2.45) is 0 Å². The molecule has 0 aromatic heterocycles. The molecule has 1 aromatic rings. The number of halogens is 1. The number of carbonyl (C=O) groups excluding carboxylic acids is 1. The molecule has 0 radical (unpaired) electrons. The minimum Gasteiger partial charge on any atom is -0.504 e. The van der Waals surface area contributed by atoms with Crippen LogP contribution in [0.15, 0.2) is 17.0 Å². The standard InChI is InChI=1S/C7H4INO5S/c8-9-7(12)3-1-4(10)5(11)2-6(3)15(9,13)14/h1-2,10-11H. The Kier molecular flexibility index (Phi) is 2.08. The average Bonchev–Trinajstić information content (AvgIpc) is 2.32. The van der Waals surface area contributed by atoms with E-state index < -0.39 is 27.4 Å². The number of amides is 1. The summed E-state index contributed by atoms with van der Waals surface area (Å²) in [5, 5.41) is 18.3. The molecule has 0 atom stereocenters. The van der Waals surface area contributed by atoms with Crippen molar-refractivity contribution in [1.29, 1.82) is 0 Å². The highest BCUT2D eigenvalue weighted by Crippen LogP contribution is 2.38. The van der Waals surface area contributed by atoms with Gasteiger partial charge in [-0.25, -0.2) is 8.42 Å². The minimum atomic E-state index is -3.87. The van der Waals surface area contributed by atoms with Gasteiger partial charge in [-0.15, -0.1) is 0 Å². The summed E-state index contributed by atoms with van der Waals surface area (Å²) in [6.07, 6.45) is 0. The first-order valence-corrected chi connectivity index (χ1v) is 6.07. The van der Waals surface area contributed by atoms with E-state index in [9.17, 15) is 13.2 Å². The summed E-state index contributed by atoms with van der Waals surface area (Å²) in [4.78, 5) is 11.1. The van der Waals surface area contributed by atoms with E-state index in [0.717, 1.165) is 12.1 Å². The van der Waals surface area contributed by atoms with E-state index in [1.165, 1.54) is 22.9 Å². The molecule has 0 saturated carbocycles. The third-order valence-electron chi connectivity index (χ3n) is 1.96. The molecule has 1 heterocycles. The molecule has 0 unspecified atom stereocenters.